The first kappa shape index (κ1) is 18.9. The zero-order valence-corrected chi connectivity index (χ0v) is 17.1. The number of aryl methyl sites for hydroxylation is 1. The van der Waals surface area contributed by atoms with Gasteiger partial charge in [0.2, 0.25) is 0 Å². The summed E-state index contributed by atoms with van der Waals surface area (Å²) in [5, 5.41) is 5.18. The maximum atomic E-state index is 6.42. The Hall–Kier alpha value is -1.91. The number of aromatic nitrogens is 2. The van der Waals surface area contributed by atoms with Crippen LogP contribution in [0.3, 0.4) is 0 Å². The summed E-state index contributed by atoms with van der Waals surface area (Å²) in [7, 11) is 0. The van der Waals surface area contributed by atoms with Crippen LogP contribution in [0.4, 0.5) is 5.82 Å². The highest BCUT2D eigenvalue weighted by Gasteiger charge is 2.23. The minimum Gasteiger partial charge on any atom is -0.340 e. The number of fused-ring (bicyclic) bond motifs is 3. The highest BCUT2D eigenvalue weighted by atomic mass is 35.5. The van der Waals surface area contributed by atoms with Crippen molar-refractivity contribution in [3.63, 3.8) is 0 Å². The van der Waals surface area contributed by atoms with Gasteiger partial charge in [0.25, 0.3) is 0 Å². The van der Waals surface area contributed by atoms with E-state index in [0.29, 0.717) is 5.03 Å². The SMILES string of the molecule is C=C/C(=C\C(Cl)=C(/C)C(=C)C)Nc1ncnc2sc3c(c12)CCC(C)C3. The molecule has 2 heterocycles. The van der Waals surface area contributed by atoms with E-state index in [1.54, 1.807) is 23.7 Å². The summed E-state index contributed by atoms with van der Waals surface area (Å²) in [6.45, 7) is 14.1. The summed E-state index contributed by atoms with van der Waals surface area (Å²) in [5.74, 6) is 1.56. The molecule has 3 rings (SSSR count). The van der Waals surface area contributed by atoms with Crippen LogP contribution >= 0.6 is 22.9 Å². The molecule has 1 aliphatic rings. The smallest absolute Gasteiger partial charge is 0.142 e. The highest BCUT2D eigenvalue weighted by Crippen LogP contribution is 2.39. The number of halogens is 1. The van der Waals surface area contributed by atoms with E-state index in [0.717, 1.165) is 51.6 Å². The average molecular weight is 386 g/mol. The lowest BCUT2D eigenvalue weighted by atomic mass is 9.89. The van der Waals surface area contributed by atoms with Crippen LogP contribution in [0.5, 0.6) is 0 Å². The number of rotatable bonds is 5. The third-order valence-corrected chi connectivity index (χ3v) is 6.41. The van der Waals surface area contributed by atoms with Crippen molar-refractivity contribution < 1.29 is 0 Å². The van der Waals surface area contributed by atoms with E-state index in [1.807, 2.05) is 19.9 Å². The van der Waals surface area contributed by atoms with E-state index in [1.165, 1.54) is 16.9 Å². The van der Waals surface area contributed by atoms with Crippen LogP contribution in [-0.2, 0) is 12.8 Å². The van der Waals surface area contributed by atoms with Gasteiger partial charge >= 0.3 is 0 Å². The molecule has 0 radical (unpaired) electrons. The lowest BCUT2D eigenvalue weighted by Crippen LogP contribution is -2.09. The Morgan fingerprint density at radius 3 is 2.85 bits per heavy atom. The molecule has 1 atom stereocenters. The first-order chi connectivity index (χ1) is 12.4. The molecule has 0 aromatic carbocycles. The van der Waals surface area contributed by atoms with Crippen molar-refractivity contribution >= 4 is 39.0 Å². The van der Waals surface area contributed by atoms with E-state index in [-0.39, 0.29) is 0 Å². The molecule has 1 N–H and O–H groups in total. The Morgan fingerprint density at radius 2 is 2.15 bits per heavy atom. The maximum absolute atomic E-state index is 6.42. The predicted molar refractivity (Wildman–Crippen MR) is 114 cm³/mol. The van der Waals surface area contributed by atoms with E-state index >= 15 is 0 Å². The van der Waals surface area contributed by atoms with Crippen LogP contribution in [-0.4, -0.2) is 9.97 Å². The van der Waals surface area contributed by atoms with E-state index in [4.69, 9.17) is 11.6 Å². The second kappa shape index (κ2) is 7.77. The summed E-state index contributed by atoms with van der Waals surface area (Å²) in [6, 6.07) is 0. The Bertz CT molecular complexity index is 936. The molecule has 26 heavy (non-hydrogen) atoms. The Morgan fingerprint density at radius 1 is 1.38 bits per heavy atom. The van der Waals surface area contributed by atoms with Crippen molar-refractivity contribution in [1.29, 1.82) is 0 Å². The molecule has 0 saturated carbocycles. The molecule has 0 fully saturated rings. The van der Waals surface area contributed by atoms with Gasteiger partial charge < -0.3 is 5.32 Å². The van der Waals surface area contributed by atoms with Crippen LogP contribution in [0.25, 0.3) is 10.2 Å². The largest absolute Gasteiger partial charge is 0.340 e. The quantitative estimate of drug-likeness (QED) is 0.606. The lowest BCUT2D eigenvalue weighted by Gasteiger charge is -2.18. The lowest BCUT2D eigenvalue weighted by molar-refractivity contribution is 0.509. The summed E-state index contributed by atoms with van der Waals surface area (Å²) >= 11 is 8.21. The van der Waals surface area contributed by atoms with Crippen LogP contribution in [0.1, 0.15) is 37.6 Å². The van der Waals surface area contributed by atoms with Gasteiger partial charge in [0.05, 0.1) is 5.39 Å². The minimum atomic E-state index is 0.645. The van der Waals surface area contributed by atoms with Crippen LogP contribution < -0.4 is 5.32 Å². The molecule has 0 saturated heterocycles. The molecule has 1 aliphatic carbocycles. The first-order valence-corrected chi connectivity index (χ1v) is 9.98. The number of anilines is 1. The minimum absolute atomic E-state index is 0.645. The van der Waals surface area contributed by atoms with Crippen LogP contribution in [0.2, 0.25) is 0 Å². The number of allylic oxidation sites excluding steroid dienone is 5. The monoisotopic (exact) mass is 385 g/mol. The summed E-state index contributed by atoms with van der Waals surface area (Å²) in [5.41, 5.74) is 4.11. The summed E-state index contributed by atoms with van der Waals surface area (Å²) < 4.78 is 0. The van der Waals surface area contributed by atoms with Gasteiger partial charge in [0.1, 0.15) is 17.0 Å². The van der Waals surface area contributed by atoms with Crippen LogP contribution in [0, 0.1) is 5.92 Å². The van der Waals surface area contributed by atoms with Crippen molar-refractivity contribution in [1.82, 2.24) is 9.97 Å². The third kappa shape index (κ3) is 3.76. The number of hydrogen-bond donors (Lipinski definition) is 1. The molecule has 3 nitrogen and oxygen atoms in total. The van der Waals surface area contributed by atoms with Crippen LogP contribution in [0.15, 0.2) is 53.5 Å². The average Bonchev–Trinajstić information content (AvgIpc) is 2.98. The van der Waals surface area contributed by atoms with Gasteiger partial charge in [-0.15, -0.1) is 11.3 Å². The fourth-order valence-electron chi connectivity index (χ4n) is 3.10. The van der Waals surface area contributed by atoms with Crippen molar-refractivity contribution in [2.75, 3.05) is 5.32 Å². The van der Waals surface area contributed by atoms with Gasteiger partial charge in [-0.1, -0.05) is 37.3 Å². The first-order valence-electron chi connectivity index (χ1n) is 8.79. The van der Waals surface area contributed by atoms with E-state index in [9.17, 15) is 0 Å². The van der Waals surface area contributed by atoms with Gasteiger partial charge in [-0.25, -0.2) is 9.97 Å². The maximum Gasteiger partial charge on any atom is 0.142 e. The molecular formula is C21H24ClN3S. The van der Waals surface area contributed by atoms with E-state index < -0.39 is 0 Å². The zero-order chi connectivity index (χ0) is 18.8. The molecule has 0 bridgehead atoms. The van der Waals surface area contributed by atoms with Gasteiger partial charge in [-0.2, -0.15) is 0 Å². The highest BCUT2D eigenvalue weighted by molar-refractivity contribution is 7.19. The predicted octanol–water partition coefficient (Wildman–Crippen LogP) is 6.39. The van der Waals surface area contributed by atoms with E-state index in [2.05, 4.69) is 35.4 Å². The second-order valence-corrected chi connectivity index (χ2v) is 8.43. The molecule has 5 heteroatoms. The van der Waals surface area contributed by atoms with Crippen molar-refractivity contribution in [2.45, 2.75) is 40.0 Å². The molecule has 1 unspecified atom stereocenters. The van der Waals surface area contributed by atoms with Crippen molar-refractivity contribution in [3.05, 3.63) is 64.0 Å². The molecule has 0 aliphatic heterocycles. The molecular weight excluding hydrogens is 362 g/mol. The van der Waals surface area contributed by atoms with Gasteiger partial charge in [-0.05, 0) is 62.3 Å². The number of hydrogen-bond acceptors (Lipinski definition) is 4. The summed E-state index contributed by atoms with van der Waals surface area (Å²) in [6.07, 6.45) is 8.67. The molecule has 0 spiro atoms. The third-order valence-electron chi connectivity index (χ3n) is 4.86. The van der Waals surface area contributed by atoms with Gasteiger partial charge in [-0.3, -0.25) is 0 Å². The van der Waals surface area contributed by atoms with Crippen molar-refractivity contribution in [3.8, 4) is 0 Å². The van der Waals surface area contributed by atoms with Crippen molar-refractivity contribution in [2.24, 2.45) is 5.92 Å². The number of thiophene rings is 1. The number of nitrogens with one attached hydrogen (secondary N) is 1. The number of nitrogens with zero attached hydrogens (tertiary/aromatic N) is 2. The Kier molecular flexibility index (Phi) is 5.64. The zero-order valence-electron chi connectivity index (χ0n) is 15.5. The molecule has 136 valence electrons. The second-order valence-electron chi connectivity index (χ2n) is 6.94. The summed E-state index contributed by atoms with van der Waals surface area (Å²) in [4.78, 5) is 11.5. The van der Waals surface area contributed by atoms with Gasteiger partial charge in [0, 0.05) is 15.6 Å². The Balaban J connectivity index is 2.02. The molecule has 2 aromatic rings. The molecule has 2 aromatic heterocycles. The topological polar surface area (TPSA) is 37.8 Å². The molecule has 0 amide bonds. The fourth-order valence-corrected chi connectivity index (χ4v) is 4.73. The Labute approximate surface area is 164 Å². The standard InChI is InChI=1S/C21H24ClN3S/c1-6-15(10-17(22)14(5)12(2)3)25-20-19-16-8-7-13(4)9-18(16)26-21(19)24-11-23-20/h6,10-11,13H,1-2,7-9H2,3-5H3,(H,23,24,25)/b15-10+,17-14-. The normalized spacial score (nSPS) is 18.3. The van der Waals surface area contributed by atoms with Gasteiger partial charge in [0.15, 0.2) is 0 Å². The fraction of sp³-hybridized carbons (Fsp3) is 0.333.